The maximum atomic E-state index is 12.8. The molecule has 10 heteroatoms. The molecule has 0 bridgehead atoms. The number of aromatic nitrogens is 2. The highest BCUT2D eigenvalue weighted by molar-refractivity contribution is 5.99. The molecule has 0 radical (unpaired) electrons. The summed E-state index contributed by atoms with van der Waals surface area (Å²) in [6.45, 7) is 0. The van der Waals surface area contributed by atoms with Gasteiger partial charge in [-0.25, -0.2) is 9.07 Å². The van der Waals surface area contributed by atoms with Gasteiger partial charge in [-0.1, -0.05) is 0 Å². The molecular weight excluding hydrogens is 380 g/mol. The van der Waals surface area contributed by atoms with Crippen molar-refractivity contribution in [3.63, 3.8) is 0 Å². The van der Waals surface area contributed by atoms with Gasteiger partial charge in [-0.05, 0) is 54.6 Å². The number of nitrogens with one attached hydrogen (secondary N) is 2. The predicted molar refractivity (Wildman–Crippen MR) is 89.9 cm³/mol. The molecule has 28 heavy (non-hydrogen) atoms. The zero-order valence-electron chi connectivity index (χ0n) is 14.0. The Morgan fingerprint density at radius 3 is 1.79 bits per heavy atom. The fourth-order valence-corrected chi connectivity index (χ4v) is 2.24. The summed E-state index contributed by atoms with van der Waals surface area (Å²) in [5, 5.41) is 3.43. The second-order valence-electron chi connectivity index (χ2n) is 5.61. The van der Waals surface area contributed by atoms with Crippen LogP contribution in [0.25, 0.3) is 5.69 Å². The Labute approximate surface area is 155 Å². The van der Waals surface area contributed by atoms with Crippen molar-refractivity contribution in [1.29, 1.82) is 0 Å². The molecule has 2 aromatic carbocycles. The smallest absolute Gasteiger partial charge is 0.267 e. The van der Waals surface area contributed by atoms with Crippen LogP contribution in [0.1, 0.15) is 26.4 Å². The van der Waals surface area contributed by atoms with Crippen LogP contribution in [0.2, 0.25) is 0 Å². The summed E-state index contributed by atoms with van der Waals surface area (Å²) in [5.41, 5.74) is 3.97. The van der Waals surface area contributed by atoms with Crippen LogP contribution in [-0.2, 0) is 6.18 Å². The van der Waals surface area contributed by atoms with Crippen LogP contribution in [-0.4, -0.2) is 21.6 Å². The molecule has 0 saturated carbocycles. The van der Waals surface area contributed by atoms with Gasteiger partial charge in [0.05, 0.1) is 5.69 Å². The van der Waals surface area contributed by atoms with Gasteiger partial charge in [-0.15, -0.1) is 0 Å². The molecule has 0 aliphatic heterocycles. The van der Waals surface area contributed by atoms with Crippen LogP contribution in [0.5, 0.6) is 0 Å². The molecule has 6 nitrogen and oxygen atoms in total. The SMILES string of the molecule is O=C(NNC(=O)c1ccc(-n2ccc(C(F)(F)F)n2)cc1)c1ccc(F)cc1. The highest BCUT2D eigenvalue weighted by Gasteiger charge is 2.33. The topological polar surface area (TPSA) is 76.0 Å². The van der Waals surface area contributed by atoms with Crippen molar-refractivity contribution in [2.24, 2.45) is 0 Å². The quantitative estimate of drug-likeness (QED) is 0.531. The molecule has 0 aliphatic rings. The third kappa shape index (κ3) is 4.34. The fourth-order valence-electron chi connectivity index (χ4n) is 2.24. The maximum Gasteiger partial charge on any atom is 0.435 e. The van der Waals surface area contributed by atoms with E-state index in [1.807, 2.05) is 0 Å². The number of nitrogens with zero attached hydrogens (tertiary/aromatic N) is 2. The van der Waals surface area contributed by atoms with Crippen LogP contribution in [0.15, 0.2) is 60.8 Å². The average molecular weight is 392 g/mol. The minimum atomic E-state index is -4.55. The van der Waals surface area contributed by atoms with Crippen molar-refractivity contribution >= 4 is 11.8 Å². The van der Waals surface area contributed by atoms with E-state index in [1.165, 1.54) is 36.4 Å². The lowest BCUT2D eigenvalue weighted by atomic mass is 10.2. The molecule has 0 fully saturated rings. The van der Waals surface area contributed by atoms with E-state index in [-0.39, 0.29) is 11.1 Å². The fraction of sp³-hybridized carbons (Fsp3) is 0.0556. The van der Waals surface area contributed by atoms with E-state index in [9.17, 15) is 27.2 Å². The van der Waals surface area contributed by atoms with E-state index in [0.717, 1.165) is 29.1 Å². The number of hydrazine groups is 1. The van der Waals surface area contributed by atoms with Gasteiger partial charge in [-0.2, -0.15) is 18.3 Å². The zero-order valence-corrected chi connectivity index (χ0v) is 14.0. The number of rotatable bonds is 3. The number of amides is 2. The van der Waals surface area contributed by atoms with Crippen LogP contribution in [0, 0.1) is 5.82 Å². The molecule has 0 unspecified atom stereocenters. The van der Waals surface area contributed by atoms with Crippen molar-refractivity contribution in [2.75, 3.05) is 0 Å². The molecule has 1 heterocycles. The number of hydrogen-bond acceptors (Lipinski definition) is 3. The highest BCUT2D eigenvalue weighted by atomic mass is 19.4. The molecule has 3 rings (SSSR count). The first-order chi connectivity index (χ1) is 13.2. The van der Waals surface area contributed by atoms with Gasteiger partial charge in [0.2, 0.25) is 0 Å². The number of alkyl halides is 3. The van der Waals surface area contributed by atoms with Crippen LogP contribution in [0.4, 0.5) is 17.6 Å². The van der Waals surface area contributed by atoms with Gasteiger partial charge in [-0.3, -0.25) is 20.4 Å². The molecule has 0 spiro atoms. The lowest BCUT2D eigenvalue weighted by Gasteiger charge is -2.08. The Hall–Kier alpha value is -3.69. The average Bonchev–Trinajstić information content (AvgIpc) is 3.17. The minimum Gasteiger partial charge on any atom is -0.267 e. The Kier molecular flexibility index (Phi) is 5.12. The Balaban J connectivity index is 1.63. The first-order valence-corrected chi connectivity index (χ1v) is 7.83. The zero-order chi connectivity index (χ0) is 20.3. The predicted octanol–water partition coefficient (Wildman–Crippen LogP) is 3.11. The van der Waals surface area contributed by atoms with Crippen LogP contribution < -0.4 is 10.9 Å². The van der Waals surface area contributed by atoms with Gasteiger partial charge in [0.15, 0.2) is 5.69 Å². The van der Waals surface area contributed by atoms with Crippen LogP contribution in [0.3, 0.4) is 0 Å². The standard InChI is InChI=1S/C18H12F4N4O2/c19-13-5-1-11(2-6-13)16(27)23-24-17(28)12-3-7-14(8-4-12)26-10-9-15(25-26)18(20,21)22/h1-10H,(H,23,27)(H,24,28). The molecule has 2 N–H and O–H groups in total. The summed E-state index contributed by atoms with van der Waals surface area (Å²) in [7, 11) is 0. The highest BCUT2D eigenvalue weighted by Crippen LogP contribution is 2.27. The van der Waals surface area contributed by atoms with Crippen molar-refractivity contribution in [3.05, 3.63) is 83.4 Å². The number of carbonyl (C=O) groups excluding carboxylic acids is 2. The number of carbonyl (C=O) groups is 2. The summed E-state index contributed by atoms with van der Waals surface area (Å²) in [6, 6.07) is 11.1. The molecule has 1 aromatic heterocycles. The summed E-state index contributed by atoms with van der Waals surface area (Å²) in [4.78, 5) is 23.9. The van der Waals surface area contributed by atoms with E-state index >= 15 is 0 Å². The van der Waals surface area contributed by atoms with Gasteiger partial charge < -0.3 is 0 Å². The monoisotopic (exact) mass is 392 g/mol. The third-order valence-electron chi connectivity index (χ3n) is 3.67. The second-order valence-corrected chi connectivity index (χ2v) is 5.61. The molecule has 0 atom stereocenters. The summed E-state index contributed by atoms with van der Waals surface area (Å²) < 4.78 is 51.7. The van der Waals surface area contributed by atoms with Crippen molar-refractivity contribution in [1.82, 2.24) is 20.6 Å². The number of benzene rings is 2. The van der Waals surface area contributed by atoms with Crippen molar-refractivity contribution in [2.45, 2.75) is 6.18 Å². The largest absolute Gasteiger partial charge is 0.435 e. The third-order valence-corrected chi connectivity index (χ3v) is 3.67. The molecule has 3 aromatic rings. The van der Waals surface area contributed by atoms with Gasteiger partial charge >= 0.3 is 6.18 Å². The van der Waals surface area contributed by atoms with E-state index in [2.05, 4.69) is 16.0 Å². The number of halogens is 4. The van der Waals surface area contributed by atoms with Gasteiger partial charge in [0.25, 0.3) is 11.8 Å². The first kappa shape index (κ1) is 19.1. The molecule has 144 valence electrons. The Morgan fingerprint density at radius 1 is 0.821 bits per heavy atom. The first-order valence-electron chi connectivity index (χ1n) is 7.83. The summed E-state index contributed by atoms with van der Waals surface area (Å²) >= 11 is 0. The normalized spacial score (nSPS) is 11.1. The van der Waals surface area contributed by atoms with Gasteiger partial charge in [0, 0.05) is 17.3 Å². The van der Waals surface area contributed by atoms with E-state index < -0.39 is 29.5 Å². The summed E-state index contributed by atoms with van der Waals surface area (Å²) in [5.74, 6) is -1.78. The van der Waals surface area contributed by atoms with Crippen LogP contribution >= 0.6 is 0 Å². The van der Waals surface area contributed by atoms with E-state index in [4.69, 9.17) is 0 Å². The lowest BCUT2D eigenvalue weighted by molar-refractivity contribution is -0.141. The Morgan fingerprint density at radius 2 is 1.32 bits per heavy atom. The van der Waals surface area contributed by atoms with E-state index in [1.54, 1.807) is 0 Å². The number of hydrogen-bond donors (Lipinski definition) is 2. The van der Waals surface area contributed by atoms with Gasteiger partial charge in [0.1, 0.15) is 5.82 Å². The minimum absolute atomic E-state index is 0.149. The molecule has 0 saturated heterocycles. The Bertz CT molecular complexity index is 996. The molecule has 0 aliphatic carbocycles. The molecule has 2 amide bonds. The summed E-state index contributed by atoms with van der Waals surface area (Å²) in [6.07, 6.45) is -3.39. The molecular formula is C18H12F4N4O2. The lowest BCUT2D eigenvalue weighted by Crippen LogP contribution is -2.41. The van der Waals surface area contributed by atoms with E-state index in [0.29, 0.717) is 5.69 Å². The van der Waals surface area contributed by atoms with Crippen molar-refractivity contribution in [3.8, 4) is 5.69 Å². The maximum absolute atomic E-state index is 12.8. The second kappa shape index (κ2) is 7.51. The van der Waals surface area contributed by atoms with Crippen molar-refractivity contribution < 1.29 is 27.2 Å².